The summed E-state index contributed by atoms with van der Waals surface area (Å²) in [7, 11) is 0. The minimum Gasteiger partial charge on any atom is -0.350 e. The molecule has 2 saturated heterocycles. The number of thioether (sulfide) groups is 1. The van der Waals surface area contributed by atoms with Gasteiger partial charge in [-0.05, 0) is 25.0 Å². The molecular formula is C13H20N4OS. The van der Waals surface area contributed by atoms with Crippen LogP contribution in [0, 0.1) is 0 Å². The van der Waals surface area contributed by atoms with Crippen molar-refractivity contribution in [2.75, 3.05) is 29.5 Å². The predicted molar refractivity (Wildman–Crippen MR) is 79.0 cm³/mol. The average molecular weight is 280 g/mol. The molecule has 19 heavy (non-hydrogen) atoms. The van der Waals surface area contributed by atoms with Crippen molar-refractivity contribution in [1.82, 2.24) is 15.3 Å². The van der Waals surface area contributed by atoms with Gasteiger partial charge in [-0.3, -0.25) is 4.79 Å². The molecule has 2 N–H and O–H groups in total. The smallest absolute Gasteiger partial charge is 0.290 e. The number of hydrogen-bond donors (Lipinski definition) is 2. The Morgan fingerprint density at radius 3 is 3.16 bits per heavy atom. The molecule has 3 rings (SSSR count). The zero-order valence-electron chi connectivity index (χ0n) is 11.0. The van der Waals surface area contributed by atoms with Crippen molar-refractivity contribution in [2.45, 2.75) is 31.3 Å². The number of aromatic amines is 1. The standard InChI is InChI=1S/C13H20N4OS/c18-13-12(14-4-5-15-13)17-6-1-2-10(8-17)16-11-3-7-19-9-11/h4-5,10-11,16H,1-3,6-9H2,(H,15,18)/t10-,11-/m1/s1. The molecule has 5 nitrogen and oxygen atoms in total. The van der Waals surface area contributed by atoms with Gasteiger partial charge in [0.2, 0.25) is 0 Å². The molecule has 6 heteroatoms. The van der Waals surface area contributed by atoms with Gasteiger partial charge in [0.05, 0.1) is 0 Å². The van der Waals surface area contributed by atoms with Crippen molar-refractivity contribution in [3.63, 3.8) is 0 Å². The normalized spacial score (nSPS) is 27.7. The fraction of sp³-hybridized carbons (Fsp3) is 0.692. The molecule has 0 unspecified atom stereocenters. The first kappa shape index (κ1) is 13.0. The second-order valence-electron chi connectivity index (χ2n) is 5.25. The first-order chi connectivity index (χ1) is 9.33. The highest BCUT2D eigenvalue weighted by Gasteiger charge is 2.25. The molecule has 1 aromatic heterocycles. The number of H-pyrrole nitrogens is 1. The molecule has 0 spiro atoms. The van der Waals surface area contributed by atoms with E-state index >= 15 is 0 Å². The van der Waals surface area contributed by atoms with Crippen molar-refractivity contribution >= 4 is 17.6 Å². The summed E-state index contributed by atoms with van der Waals surface area (Å²) in [5.74, 6) is 3.06. The second kappa shape index (κ2) is 5.96. The van der Waals surface area contributed by atoms with E-state index < -0.39 is 0 Å². The van der Waals surface area contributed by atoms with E-state index in [-0.39, 0.29) is 5.56 Å². The Bertz CT molecular complexity index is 472. The first-order valence-corrected chi connectivity index (χ1v) is 8.11. The summed E-state index contributed by atoms with van der Waals surface area (Å²) < 4.78 is 0. The highest BCUT2D eigenvalue weighted by molar-refractivity contribution is 7.99. The molecule has 104 valence electrons. The predicted octanol–water partition coefficient (Wildman–Crippen LogP) is 0.834. The minimum absolute atomic E-state index is 0.0837. The maximum Gasteiger partial charge on any atom is 0.290 e. The Balaban J connectivity index is 1.64. The summed E-state index contributed by atoms with van der Waals surface area (Å²) in [5.41, 5.74) is -0.0837. The van der Waals surface area contributed by atoms with Crippen LogP contribution in [0.5, 0.6) is 0 Å². The summed E-state index contributed by atoms with van der Waals surface area (Å²) in [5, 5.41) is 3.73. The average Bonchev–Trinajstić information content (AvgIpc) is 2.92. The summed E-state index contributed by atoms with van der Waals surface area (Å²) in [6, 6.07) is 1.14. The maximum atomic E-state index is 11.8. The van der Waals surface area contributed by atoms with E-state index in [0.717, 1.165) is 19.5 Å². The molecule has 0 aromatic carbocycles. The SMILES string of the molecule is O=c1[nH]ccnc1N1CCC[C@@H](N[C@@H]2CCSC2)C1. The summed E-state index contributed by atoms with van der Waals surface area (Å²) >= 11 is 2.03. The number of hydrogen-bond acceptors (Lipinski definition) is 5. The van der Waals surface area contributed by atoms with E-state index in [2.05, 4.69) is 20.2 Å². The van der Waals surface area contributed by atoms with Crippen molar-refractivity contribution < 1.29 is 0 Å². The Kier molecular flexibility index (Phi) is 4.08. The second-order valence-corrected chi connectivity index (χ2v) is 6.40. The van der Waals surface area contributed by atoms with Crippen LogP contribution in [0.3, 0.4) is 0 Å². The largest absolute Gasteiger partial charge is 0.350 e. The van der Waals surface area contributed by atoms with Crippen molar-refractivity contribution in [1.29, 1.82) is 0 Å². The van der Waals surface area contributed by atoms with E-state index in [1.54, 1.807) is 12.4 Å². The quantitative estimate of drug-likeness (QED) is 0.859. The molecule has 3 heterocycles. The van der Waals surface area contributed by atoms with Crippen molar-refractivity contribution in [3.05, 3.63) is 22.7 Å². The van der Waals surface area contributed by atoms with Crippen molar-refractivity contribution in [2.24, 2.45) is 0 Å². The zero-order valence-corrected chi connectivity index (χ0v) is 11.8. The molecule has 2 aliphatic rings. The molecule has 0 amide bonds. The lowest BCUT2D eigenvalue weighted by atomic mass is 10.0. The van der Waals surface area contributed by atoms with Crippen LogP contribution in [0.4, 0.5) is 5.82 Å². The topological polar surface area (TPSA) is 61.0 Å². The molecule has 2 fully saturated rings. The number of rotatable bonds is 3. The van der Waals surface area contributed by atoms with Crippen LogP contribution in [0.2, 0.25) is 0 Å². The Hall–Kier alpha value is -1.01. The molecule has 0 saturated carbocycles. The summed E-state index contributed by atoms with van der Waals surface area (Å²) in [6.45, 7) is 1.82. The van der Waals surface area contributed by atoms with Gasteiger partial charge in [0.15, 0.2) is 5.82 Å². The van der Waals surface area contributed by atoms with Crippen LogP contribution < -0.4 is 15.8 Å². The summed E-state index contributed by atoms with van der Waals surface area (Å²) in [6.07, 6.45) is 6.82. The van der Waals surface area contributed by atoms with Gasteiger partial charge in [-0.25, -0.2) is 4.98 Å². The van der Waals surface area contributed by atoms with E-state index in [1.807, 2.05) is 11.8 Å². The van der Waals surface area contributed by atoms with Crippen LogP contribution in [-0.2, 0) is 0 Å². The Morgan fingerprint density at radius 1 is 1.42 bits per heavy atom. The molecule has 0 radical (unpaired) electrons. The monoisotopic (exact) mass is 280 g/mol. The van der Waals surface area contributed by atoms with E-state index in [0.29, 0.717) is 17.9 Å². The fourth-order valence-electron chi connectivity index (χ4n) is 2.87. The van der Waals surface area contributed by atoms with E-state index in [4.69, 9.17) is 0 Å². The minimum atomic E-state index is -0.0837. The lowest BCUT2D eigenvalue weighted by Crippen LogP contribution is -2.50. The van der Waals surface area contributed by atoms with Gasteiger partial charge >= 0.3 is 0 Å². The van der Waals surface area contributed by atoms with Crippen LogP contribution in [-0.4, -0.2) is 46.6 Å². The number of piperidine rings is 1. The number of anilines is 1. The molecule has 2 aliphatic heterocycles. The lowest BCUT2D eigenvalue weighted by Gasteiger charge is -2.34. The third-order valence-corrected chi connectivity index (χ3v) is 4.97. The van der Waals surface area contributed by atoms with E-state index in [9.17, 15) is 4.79 Å². The molecule has 0 aliphatic carbocycles. The third-order valence-electron chi connectivity index (χ3n) is 3.81. The van der Waals surface area contributed by atoms with Gasteiger partial charge in [-0.15, -0.1) is 0 Å². The molecule has 1 aromatic rings. The number of nitrogens with zero attached hydrogens (tertiary/aromatic N) is 2. The highest BCUT2D eigenvalue weighted by Crippen LogP contribution is 2.20. The molecule has 0 bridgehead atoms. The fourth-order valence-corrected chi connectivity index (χ4v) is 4.04. The molecular weight excluding hydrogens is 260 g/mol. The van der Waals surface area contributed by atoms with Gasteiger partial charge in [-0.1, -0.05) is 0 Å². The van der Waals surface area contributed by atoms with Gasteiger partial charge in [0.1, 0.15) is 0 Å². The first-order valence-electron chi connectivity index (χ1n) is 6.95. The van der Waals surface area contributed by atoms with Crippen LogP contribution >= 0.6 is 11.8 Å². The maximum absolute atomic E-state index is 11.8. The molecule has 2 atom stereocenters. The van der Waals surface area contributed by atoms with Crippen LogP contribution in [0.1, 0.15) is 19.3 Å². The van der Waals surface area contributed by atoms with Gasteiger partial charge in [0.25, 0.3) is 5.56 Å². The number of nitrogens with one attached hydrogen (secondary N) is 2. The van der Waals surface area contributed by atoms with Crippen LogP contribution in [0.25, 0.3) is 0 Å². The third kappa shape index (κ3) is 3.12. The van der Waals surface area contributed by atoms with E-state index in [1.165, 1.54) is 24.3 Å². The van der Waals surface area contributed by atoms with Gasteiger partial charge < -0.3 is 15.2 Å². The van der Waals surface area contributed by atoms with Crippen LogP contribution in [0.15, 0.2) is 17.2 Å². The Morgan fingerprint density at radius 2 is 2.37 bits per heavy atom. The van der Waals surface area contributed by atoms with Gasteiger partial charge in [-0.2, -0.15) is 11.8 Å². The summed E-state index contributed by atoms with van der Waals surface area (Å²) in [4.78, 5) is 20.8. The highest BCUT2D eigenvalue weighted by atomic mass is 32.2. The van der Waals surface area contributed by atoms with Crippen molar-refractivity contribution in [3.8, 4) is 0 Å². The lowest BCUT2D eigenvalue weighted by molar-refractivity contribution is 0.385. The van der Waals surface area contributed by atoms with Gasteiger partial charge in [0, 0.05) is 43.3 Å². The zero-order chi connectivity index (χ0) is 13.1. The Labute approximate surface area is 117 Å². The number of aromatic nitrogens is 2.